The molecule has 17 heavy (non-hydrogen) atoms. The molecule has 2 rings (SSSR count). The van der Waals surface area contributed by atoms with Crippen LogP contribution in [0, 0.1) is 0 Å². The Bertz CT molecular complexity index is 444. The van der Waals surface area contributed by atoms with Gasteiger partial charge in [-0.25, -0.2) is 0 Å². The van der Waals surface area contributed by atoms with E-state index in [0.717, 1.165) is 34.8 Å². The molecule has 1 aliphatic heterocycles. The monoisotopic (exact) mass is 379 g/mol. The first-order valence-corrected chi connectivity index (χ1v) is 7.99. The van der Waals surface area contributed by atoms with E-state index in [1.807, 2.05) is 12.1 Å². The van der Waals surface area contributed by atoms with Crippen LogP contribution in [0.5, 0.6) is 0 Å². The van der Waals surface area contributed by atoms with Crippen molar-refractivity contribution in [1.29, 1.82) is 0 Å². The molecule has 0 radical (unpaired) electrons. The quantitative estimate of drug-likeness (QED) is 0.782. The number of fused-ring (bicyclic) bond motifs is 1. The highest BCUT2D eigenvalue weighted by atomic mass is 79.9. The van der Waals surface area contributed by atoms with Crippen LogP contribution in [0.25, 0.3) is 0 Å². The topological polar surface area (TPSA) is 29.1 Å². The molecule has 1 aliphatic rings. The third-order valence-corrected chi connectivity index (χ3v) is 4.25. The van der Waals surface area contributed by atoms with Crippen LogP contribution in [0.2, 0.25) is 5.02 Å². The normalized spacial score (nSPS) is 16.8. The second kappa shape index (κ2) is 5.29. The Balaban J connectivity index is 2.52. The van der Waals surface area contributed by atoms with E-state index in [9.17, 15) is 4.79 Å². The van der Waals surface area contributed by atoms with Gasteiger partial charge in [0.25, 0.3) is 0 Å². The summed E-state index contributed by atoms with van der Waals surface area (Å²) < 4.78 is 0. The fraction of sp³-hybridized carbons (Fsp3) is 0.417. The smallest absolute Gasteiger partial charge is 0.235 e. The van der Waals surface area contributed by atoms with Crippen LogP contribution in [0.15, 0.2) is 18.2 Å². The van der Waals surface area contributed by atoms with E-state index in [4.69, 9.17) is 11.6 Å². The van der Waals surface area contributed by atoms with Crippen molar-refractivity contribution < 1.29 is 4.79 Å². The second-order valence-corrected chi connectivity index (χ2v) is 6.13. The fourth-order valence-corrected chi connectivity index (χ4v) is 3.86. The summed E-state index contributed by atoms with van der Waals surface area (Å²) in [6.45, 7) is 0. The molecule has 1 aromatic carbocycles. The van der Waals surface area contributed by atoms with E-state index >= 15 is 0 Å². The fourth-order valence-electron chi connectivity index (χ4n) is 2.33. The summed E-state index contributed by atoms with van der Waals surface area (Å²) in [6.07, 6.45) is 1.55. The molecule has 0 aliphatic carbocycles. The first kappa shape index (κ1) is 13.4. The van der Waals surface area contributed by atoms with Gasteiger partial charge in [0.15, 0.2) is 0 Å². The van der Waals surface area contributed by atoms with E-state index in [1.54, 1.807) is 6.07 Å². The lowest BCUT2D eigenvalue weighted by atomic mass is 9.77. The summed E-state index contributed by atoms with van der Waals surface area (Å²) in [4.78, 5) is 12.2. The van der Waals surface area contributed by atoms with Gasteiger partial charge in [0, 0.05) is 21.4 Å². The minimum absolute atomic E-state index is 0.0775. The van der Waals surface area contributed by atoms with Crippen molar-refractivity contribution in [2.45, 2.75) is 18.3 Å². The summed E-state index contributed by atoms with van der Waals surface area (Å²) in [5.41, 5.74) is 1.46. The number of rotatable bonds is 4. The number of alkyl halides is 2. The first-order valence-electron chi connectivity index (χ1n) is 5.37. The summed E-state index contributed by atoms with van der Waals surface area (Å²) >= 11 is 12.9. The van der Waals surface area contributed by atoms with Gasteiger partial charge in [-0.3, -0.25) is 4.79 Å². The lowest BCUT2D eigenvalue weighted by molar-refractivity contribution is -0.121. The summed E-state index contributed by atoms with van der Waals surface area (Å²) in [5.74, 6) is 0.0775. The van der Waals surface area contributed by atoms with Crippen molar-refractivity contribution in [1.82, 2.24) is 0 Å². The molecule has 0 atom stereocenters. The van der Waals surface area contributed by atoms with Gasteiger partial charge >= 0.3 is 0 Å². The summed E-state index contributed by atoms with van der Waals surface area (Å²) in [7, 11) is 0. The Morgan fingerprint density at radius 2 is 1.88 bits per heavy atom. The molecule has 1 amide bonds. The predicted octanol–water partition coefficient (Wildman–Crippen LogP) is 4.10. The highest BCUT2D eigenvalue weighted by Crippen LogP contribution is 2.44. The molecular weight excluding hydrogens is 369 g/mol. The SMILES string of the molecule is O=C1Nc2ccc(Cl)cc2C1(CCBr)CCBr. The lowest BCUT2D eigenvalue weighted by Gasteiger charge is -2.26. The van der Waals surface area contributed by atoms with E-state index in [-0.39, 0.29) is 5.91 Å². The zero-order valence-electron chi connectivity index (χ0n) is 9.10. The molecule has 1 heterocycles. The lowest BCUT2D eigenvalue weighted by Crippen LogP contribution is -2.35. The van der Waals surface area contributed by atoms with Gasteiger partial charge in [0.2, 0.25) is 5.91 Å². The number of hydrogen-bond acceptors (Lipinski definition) is 1. The standard InChI is InChI=1S/C12H12Br2ClNO/c13-5-3-12(4-6-14)9-7-8(15)1-2-10(9)16-11(12)17/h1-2,7H,3-6H2,(H,16,17). The van der Waals surface area contributed by atoms with Crippen LogP contribution in [0.1, 0.15) is 18.4 Å². The molecule has 0 bridgehead atoms. The summed E-state index contributed by atoms with van der Waals surface area (Å²) in [5, 5.41) is 5.20. The van der Waals surface area contributed by atoms with Crippen LogP contribution in [-0.2, 0) is 10.2 Å². The highest BCUT2D eigenvalue weighted by Gasteiger charge is 2.45. The van der Waals surface area contributed by atoms with Crippen molar-refractivity contribution in [3.63, 3.8) is 0 Å². The maximum Gasteiger partial charge on any atom is 0.235 e. The van der Waals surface area contributed by atoms with Crippen LogP contribution < -0.4 is 5.32 Å². The van der Waals surface area contributed by atoms with Crippen molar-refractivity contribution in [3.8, 4) is 0 Å². The molecule has 92 valence electrons. The molecule has 0 saturated carbocycles. The Morgan fingerprint density at radius 3 is 2.47 bits per heavy atom. The average molecular weight is 381 g/mol. The molecule has 0 spiro atoms. The highest BCUT2D eigenvalue weighted by molar-refractivity contribution is 9.09. The Labute approximate surface area is 122 Å². The average Bonchev–Trinajstić information content (AvgIpc) is 2.54. The molecule has 1 N–H and O–H groups in total. The van der Waals surface area contributed by atoms with E-state index in [1.165, 1.54) is 0 Å². The van der Waals surface area contributed by atoms with Crippen LogP contribution in [0.4, 0.5) is 5.69 Å². The van der Waals surface area contributed by atoms with E-state index in [0.29, 0.717) is 5.02 Å². The molecule has 0 fully saturated rings. The number of halogens is 3. The molecule has 1 aromatic rings. The third-order valence-electron chi connectivity index (χ3n) is 3.22. The second-order valence-electron chi connectivity index (χ2n) is 4.10. The number of anilines is 1. The largest absolute Gasteiger partial charge is 0.325 e. The molecule has 2 nitrogen and oxygen atoms in total. The van der Waals surface area contributed by atoms with Gasteiger partial charge in [-0.15, -0.1) is 0 Å². The van der Waals surface area contributed by atoms with Gasteiger partial charge in [-0.2, -0.15) is 0 Å². The Morgan fingerprint density at radius 1 is 1.24 bits per heavy atom. The first-order chi connectivity index (χ1) is 8.14. The maximum atomic E-state index is 12.2. The predicted molar refractivity (Wildman–Crippen MR) is 78.6 cm³/mol. The molecule has 0 aromatic heterocycles. The zero-order valence-corrected chi connectivity index (χ0v) is 13.0. The van der Waals surface area contributed by atoms with Crippen LogP contribution >= 0.6 is 43.5 Å². The number of carbonyl (C=O) groups is 1. The number of benzene rings is 1. The molecular formula is C12H12Br2ClNO. The zero-order chi connectivity index (χ0) is 12.5. The van der Waals surface area contributed by atoms with Crippen LogP contribution in [-0.4, -0.2) is 16.6 Å². The van der Waals surface area contributed by atoms with E-state index < -0.39 is 5.41 Å². The maximum absolute atomic E-state index is 12.2. The number of nitrogens with one attached hydrogen (secondary N) is 1. The van der Waals surface area contributed by atoms with Gasteiger partial charge in [-0.05, 0) is 36.6 Å². The summed E-state index contributed by atoms with van der Waals surface area (Å²) in [6, 6.07) is 5.58. The van der Waals surface area contributed by atoms with Crippen LogP contribution in [0.3, 0.4) is 0 Å². The number of carbonyl (C=O) groups excluding carboxylic acids is 1. The van der Waals surface area contributed by atoms with Gasteiger partial charge < -0.3 is 5.32 Å². The van der Waals surface area contributed by atoms with Gasteiger partial charge in [-0.1, -0.05) is 43.5 Å². The Hall–Kier alpha value is -0.0600. The number of amides is 1. The minimum Gasteiger partial charge on any atom is -0.325 e. The third kappa shape index (κ3) is 2.27. The molecule has 0 unspecified atom stereocenters. The van der Waals surface area contributed by atoms with Gasteiger partial charge in [0.05, 0.1) is 5.41 Å². The Kier molecular flexibility index (Phi) is 4.16. The van der Waals surface area contributed by atoms with Gasteiger partial charge in [0.1, 0.15) is 0 Å². The van der Waals surface area contributed by atoms with E-state index in [2.05, 4.69) is 37.2 Å². The van der Waals surface area contributed by atoms with Crippen molar-refractivity contribution in [3.05, 3.63) is 28.8 Å². The number of hydrogen-bond donors (Lipinski definition) is 1. The van der Waals surface area contributed by atoms with Crippen molar-refractivity contribution in [2.75, 3.05) is 16.0 Å². The minimum atomic E-state index is -0.451. The molecule has 0 saturated heterocycles. The molecule has 5 heteroatoms. The van der Waals surface area contributed by atoms with Crippen molar-refractivity contribution in [2.24, 2.45) is 0 Å². The van der Waals surface area contributed by atoms with Crippen molar-refractivity contribution >= 4 is 55.1 Å².